The molecule has 14 heteroatoms. The first-order valence-corrected chi connectivity index (χ1v) is 23.3. The molecule has 0 aliphatic heterocycles. The van der Waals surface area contributed by atoms with Crippen molar-refractivity contribution in [1.82, 2.24) is 20.9 Å². The Morgan fingerprint density at radius 2 is 1.44 bits per heavy atom. The van der Waals surface area contributed by atoms with Gasteiger partial charge in [-0.15, -0.1) is 0 Å². The minimum atomic E-state index is -3.51. The van der Waals surface area contributed by atoms with E-state index in [1.807, 2.05) is 0 Å². The van der Waals surface area contributed by atoms with Gasteiger partial charge in [-0.1, -0.05) is 58.6 Å². The van der Waals surface area contributed by atoms with Crippen molar-refractivity contribution in [1.29, 1.82) is 0 Å². The number of amides is 3. The van der Waals surface area contributed by atoms with Gasteiger partial charge in [-0.25, -0.2) is 31.9 Å². The number of halogens is 4. The molecule has 3 amide bonds. The molecule has 4 aliphatic carbocycles. The Morgan fingerprint density at radius 1 is 0.803 bits per heavy atom. The highest BCUT2D eigenvalue weighted by Gasteiger charge is 2.58. The summed E-state index contributed by atoms with van der Waals surface area (Å²) >= 11 is 0. The Bertz CT molecular complexity index is 1500. The van der Waals surface area contributed by atoms with Gasteiger partial charge in [0.05, 0.1) is 26.2 Å². The molecule has 0 aromatic carbocycles. The standard InChI is InChI=1S/C47H80F4N4O6/c1-32(2)15-11-12-16-33-18-20-37-36-19-17-34-27-35(21-23-45(34,10)38(36)22-24-44(33,37)9)59-41(58)55(31-47(50,51)30-54-40(57)61-43(6,7)8)26-14-13-25-52-28-46(48,49)29-53-39(56)60-42(3,4)5/h17,32-33,35-38,52H,11-16,18-31H2,1-10H3,(H,53,56)(H,54,57). The molecule has 0 saturated heterocycles. The maximum Gasteiger partial charge on any atom is 0.410 e. The fourth-order valence-corrected chi connectivity index (χ4v) is 11.0. The lowest BCUT2D eigenvalue weighted by atomic mass is 9.47. The highest BCUT2D eigenvalue weighted by Crippen LogP contribution is 2.67. The average molecular weight is 873 g/mol. The van der Waals surface area contributed by atoms with Gasteiger partial charge in [0.15, 0.2) is 0 Å². The Morgan fingerprint density at radius 3 is 2.07 bits per heavy atom. The van der Waals surface area contributed by atoms with Gasteiger partial charge in [0, 0.05) is 13.0 Å². The second-order valence-corrected chi connectivity index (χ2v) is 21.7. The molecule has 61 heavy (non-hydrogen) atoms. The summed E-state index contributed by atoms with van der Waals surface area (Å²) in [6, 6.07) is 0. The molecule has 0 radical (unpaired) electrons. The number of carbonyl (C=O) groups excluding carboxylic acids is 3. The molecule has 7 unspecified atom stereocenters. The van der Waals surface area contributed by atoms with Gasteiger partial charge in [-0.3, -0.25) is 0 Å². The zero-order chi connectivity index (χ0) is 45.4. The topological polar surface area (TPSA) is 118 Å². The van der Waals surface area contributed by atoms with Crippen molar-refractivity contribution >= 4 is 18.3 Å². The zero-order valence-electron chi connectivity index (χ0n) is 39.1. The van der Waals surface area contributed by atoms with Crippen molar-refractivity contribution in [2.45, 2.75) is 188 Å². The van der Waals surface area contributed by atoms with E-state index in [9.17, 15) is 23.2 Å². The van der Waals surface area contributed by atoms with Gasteiger partial charge in [-0.05, 0) is 153 Å². The summed E-state index contributed by atoms with van der Waals surface area (Å²) in [5.41, 5.74) is 0.0553. The molecule has 4 aliphatic rings. The van der Waals surface area contributed by atoms with Gasteiger partial charge in [0.2, 0.25) is 0 Å². The Balaban J connectivity index is 1.34. The summed E-state index contributed by atoms with van der Waals surface area (Å²) in [5.74, 6) is -3.22. The van der Waals surface area contributed by atoms with Crippen LogP contribution in [0.5, 0.6) is 0 Å². The molecule has 7 atom stereocenters. The van der Waals surface area contributed by atoms with Crippen LogP contribution in [0, 0.1) is 40.4 Å². The molecule has 0 heterocycles. The van der Waals surface area contributed by atoms with E-state index >= 15 is 8.78 Å². The van der Waals surface area contributed by atoms with Gasteiger partial charge >= 0.3 is 18.3 Å². The third kappa shape index (κ3) is 15.2. The van der Waals surface area contributed by atoms with Crippen LogP contribution >= 0.6 is 0 Å². The van der Waals surface area contributed by atoms with Crippen LogP contribution in [0.3, 0.4) is 0 Å². The Kier molecular flexibility index (Phi) is 17.4. The second-order valence-electron chi connectivity index (χ2n) is 21.7. The first kappa shape index (κ1) is 50.9. The highest BCUT2D eigenvalue weighted by molar-refractivity contribution is 5.69. The van der Waals surface area contributed by atoms with E-state index in [-0.39, 0.29) is 24.9 Å². The number of alkyl carbamates (subject to hydrolysis) is 2. The van der Waals surface area contributed by atoms with Crippen molar-refractivity contribution in [2.24, 2.45) is 40.4 Å². The molecule has 0 aromatic heterocycles. The molecular weight excluding hydrogens is 793 g/mol. The molecule has 3 fully saturated rings. The van der Waals surface area contributed by atoms with Crippen LogP contribution in [0.2, 0.25) is 0 Å². The van der Waals surface area contributed by atoms with E-state index in [4.69, 9.17) is 14.2 Å². The monoisotopic (exact) mass is 873 g/mol. The highest BCUT2D eigenvalue weighted by atomic mass is 19.3. The summed E-state index contributed by atoms with van der Waals surface area (Å²) in [7, 11) is 0. The SMILES string of the molecule is CC(C)CCCCC1CCC2C3CC=C4CC(OC(=O)N(CCCCNCC(F)(F)CNC(=O)OC(C)(C)C)CC(F)(F)CNC(=O)OC(C)(C)C)CCC4(C)C3CCC12C. The second kappa shape index (κ2) is 20.8. The quantitative estimate of drug-likeness (QED) is 0.0512. The third-order valence-corrected chi connectivity index (χ3v) is 14.0. The minimum absolute atomic E-state index is 0.0259. The number of hydrogen-bond donors (Lipinski definition) is 3. The van der Waals surface area contributed by atoms with Crippen LogP contribution in [0.25, 0.3) is 0 Å². The van der Waals surface area contributed by atoms with Crippen molar-refractivity contribution in [3.8, 4) is 0 Å². The van der Waals surface area contributed by atoms with Crippen LogP contribution in [0.4, 0.5) is 31.9 Å². The lowest BCUT2D eigenvalue weighted by Crippen LogP contribution is -2.51. The van der Waals surface area contributed by atoms with E-state index in [1.54, 1.807) is 41.5 Å². The van der Waals surface area contributed by atoms with Crippen molar-refractivity contribution in [2.75, 3.05) is 39.3 Å². The van der Waals surface area contributed by atoms with Gasteiger partial charge in [-0.2, -0.15) is 0 Å². The zero-order valence-corrected chi connectivity index (χ0v) is 39.1. The molecule has 352 valence electrons. The molecule has 3 N–H and O–H groups in total. The lowest BCUT2D eigenvalue weighted by Gasteiger charge is -2.58. The number of hydrogen-bond acceptors (Lipinski definition) is 7. The van der Waals surface area contributed by atoms with Gasteiger partial charge < -0.3 is 35.1 Å². The normalized spacial score (nSPS) is 27.9. The van der Waals surface area contributed by atoms with Gasteiger partial charge in [0.25, 0.3) is 11.8 Å². The van der Waals surface area contributed by atoms with E-state index < -0.39 is 73.6 Å². The first-order chi connectivity index (χ1) is 28.2. The fourth-order valence-electron chi connectivity index (χ4n) is 11.0. The van der Waals surface area contributed by atoms with Gasteiger partial charge in [0.1, 0.15) is 17.3 Å². The number of ether oxygens (including phenoxy) is 3. The molecule has 0 bridgehead atoms. The molecule has 10 nitrogen and oxygen atoms in total. The Hall–Kier alpha value is -2.77. The van der Waals surface area contributed by atoms with E-state index in [1.165, 1.54) is 56.9 Å². The number of unbranched alkanes of at least 4 members (excludes halogenated alkanes) is 2. The number of nitrogens with zero attached hydrogens (tertiary/aromatic N) is 1. The van der Waals surface area contributed by atoms with Crippen LogP contribution in [0.1, 0.15) is 159 Å². The van der Waals surface area contributed by atoms with E-state index in [0.717, 1.165) is 35.5 Å². The number of allylic oxidation sites excluding steroid dienone is 1. The third-order valence-electron chi connectivity index (χ3n) is 14.0. The predicted octanol–water partition coefficient (Wildman–Crippen LogP) is 11.3. The molecule has 3 saturated carbocycles. The molecule has 0 aromatic rings. The number of fused-ring (bicyclic) bond motifs is 5. The van der Waals surface area contributed by atoms with Crippen LogP contribution < -0.4 is 16.0 Å². The maximum absolute atomic E-state index is 15.4. The largest absolute Gasteiger partial charge is 0.446 e. The Labute approximate surface area is 364 Å². The summed E-state index contributed by atoms with van der Waals surface area (Å²) in [5, 5.41) is 6.84. The predicted molar refractivity (Wildman–Crippen MR) is 231 cm³/mol. The number of alkyl halides is 4. The smallest absolute Gasteiger partial charge is 0.410 e. The summed E-state index contributed by atoms with van der Waals surface area (Å²) < 4.78 is 75.8. The van der Waals surface area contributed by atoms with Crippen LogP contribution in [0.15, 0.2) is 11.6 Å². The summed E-state index contributed by atoms with van der Waals surface area (Å²) in [4.78, 5) is 38.7. The van der Waals surface area contributed by atoms with Crippen molar-refractivity contribution in [3.05, 3.63) is 11.6 Å². The number of rotatable bonds is 19. The summed E-state index contributed by atoms with van der Waals surface area (Å²) in [6.07, 6.45) is 13.3. The van der Waals surface area contributed by atoms with Crippen molar-refractivity contribution in [3.63, 3.8) is 0 Å². The lowest BCUT2D eigenvalue weighted by molar-refractivity contribution is -0.0578. The average Bonchev–Trinajstić information content (AvgIpc) is 3.47. The number of carbonyl (C=O) groups is 3. The summed E-state index contributed by atoms with van der Waals surface area (Å²) in [6.45, 7) is 15.7. The van der Waals surface area contributed by atoms with Crippen LogP contribution in [-0.2, 0) is 14.2 Å². The van der Waals surface area contributed by atoms with Crippen molar-refractivity contribution < 1.29 is 46.2 Å². The fraction of sp³-hybridized carbons (Fsp3) is 0.894. The number of nitrogens with one attached hydrogen (secondary N) is 3. The van der Waals surface area contributed by atoms with E-state index in [0.29, 0.717) is 36.5 Å². The van der Waals surface area contributed by atoms with Crippen LogP contribution in [-0.4, -0.2) is 91.6 Å². The molecule has 4 rings (SSSR count). The molecular formula is C47H80F4N4O6. The minimum Gasteiger partial charge on any atom is -0.446 e. The maximum atomic E-state index is 15.4. The molecule has 0 spiro atoms. The van der Waals surface area contributed by atoms with E-state index in [2.05, 4.69) is 49.7 Å². The first-order valence-electron chi connectivity index (χ1n) is 23.3.